The number of esters is 1. The van der Waals surface area contributed by atoms with Crippen LogP contribution in [0.15, 0.2) is 18.2 Å². The fraction of sp³-hybridized carbons (Fsp3) is 0.741. The molecule has 0 aromatic heterocycles. The van der Waals surface area contributed by atoms with Crippen molar-refractivity contribution < 1.29 is 14.3 Å². The molecule has 0 heterocycles. The molecule has 0 saturated heterocycles. The van der Waals surface area contributed by atoms with E-state index in [0.717, 1.165) is 51.6 Å². The van der Waals surface area contributed by atoms with Crippen LogP contribution in [0, 0.1) is 0 Å². The van der Waals surface area contributed by atoms with Crippen molar-refractivity contribution in [2.75, 3.05) is 19.8 Å². The normalized spacial score (nSPS) is 11.0. The van der Waals surface area contributed by atoms with E-state index < -0.39 is 0 Å². The SMILES string of the molecule is CCCCCCCCCCOCCOC(=O)c1cc(CCCC)cc(CCCC)c1. The zero-order valence-electron chi connectivity index (χ0n) is 20.0. The summed E-state index contributed by atoms with van der Waals surface area (Å²) < 4.78 is 11.1. The summed E-state index contributed by atoms with van der Waals surface area (Å²) in [6.45, 7) is 8.23. The third kappa shape index (κ3) is 13.1. The van der Waals surface area contributed by atoms with Crippen LogP contribution >= 0.6 is 0 Å². The summed E-state index contributed by atoms with van der Waals surface area (Å²) in [6, 6.07) is 6.28. The Kier molecular flexibility index (Phi) is 16.4. The van der Waals surface area contributed by atoms with Crippen LogP contribution in [0.2, 0.25) is 0 Å². The molecule has 1 rings (SSSR count). The zero-order valence-corrected chi connectivity index (χ0v) is 20.0. The summed E-state index contributed by atoms with van der Waals surface area (Å²) in [4.78, 5) is 12.5. The Morgan fingerprint density at radius 1 is 0.633 bits per heavy atom. The summed E-state index contributed by atoms with van der Waals surface area (Å²) in [5, 5.41) is 0. The second kappa shape index (κ2) is 18.4. The molecule has 3 heteroatoms. The average Bonchev–Trinajstić information content (AvgIpc) is 2.76. The highest BCUT2D eigenvalue weighted by molar-refractivity contribution is 5.89. The number of benzene rings is 1. The molecular weight excluding hydrogens is 372 g/mol. The quantitative estimate of drug-likeness (QED) is 0.171. The lowest BCUT2D eigenvalue weighted by Crippen LogP contribution is -2.12. The lowest BCUT2D eigenvalue weighted by Gasteiger charge is -2.10. The van der Waals surface area contributed by atoms with Gasteiger partial charge in [-0.3, -0.25) is 0 Å². The molecule has 1 aromatic rings. The number of carbonyl (C=O) groups excluding carboxylic acids is 1. The van der Waals surface area contributed by atoms with Gasteiger partial charge in [-0.1, -0.05) is 84.6 Å². The van der Waals surface area contributed by atoms with Gasteiger partial charge in [0.25, 0.3) is 0 Å². The molecule has 0 atom stereocenters. The largest absolute Gasteiger partial charge is 0.460 e. The van der Waals surface area contributed by atoms with Crippen molar-refractivity contribution in [3.8, 4) is 0 Å². The Morgan fingerprint density at radius 2 is 1.17 bits per heavy atom. The van der Waals surface area contributed by atoms with Gasteiger partial charge in [-0.2, -0.15) is 0 Å². The van der Waals surface area contributed by atoms with Crippen LogP contribution in [0.4, 0.5) is 0 Å². The van der Waals surface area contributed by atoms with Gasteiger partial charge in [-0.05, 0) is 55.4 Å². The van der Waals surface area contributed by atoms with Crippen LogP contribution in [-0.2, 0) is 22.3 Å². The van der Waals surface area contributed by atoms with Crippen molar-refractivity contribution in [2.45, 2.75) is 111 Å². The summed E-state index contributed by atoms with van der Waals surface area (Å²) in [5.41, 5.74) is 3.20. The zero-order chi connectivity index (χ0) is 21.9. The van der Waals surface area contributed by atoms with Crippen molar-refractivity contribution in [3.05, 3.63) is 34.9 Å². The molecule has 0 bridgehead atoms. The van der Waals surface area contributed by atoms with E-state index in [9.17, 15) is 4.79 Å². The monoisotopic (exact) mass is 418 g/mol. The van der Waals surface area contributed by atoms with Gasteiger partial charge in [0.15, 0.2) is 0 Å². The fourth-order valence-corrected chi connectivity index (χ4v) is 3.65. The first-order valence-electron chi connectivity index (χ1n) is 12.6. The van der Waals surface area contributed by atoms with E-state index in [1.807, 2.05) is 12.1 Å². The molecular formula is C27H46O3. The average molecular weight is 419 g/mol. The van der Waals surface area contributed by atoms with Gasteiger partial charge in [-0.25, -0.2) is 4.79 Å². The number of carbonyl (C=O) groups is 1. The number of hydrogen-bond donors (Lipinski definition) is 0. The van der Waals surface area contributed by atoms with Gasteiger partial charge >= 0.3 is 5.97 Å². The Labute approximate surface area is 185 Å². The molecule has 0 aliphatic carbocycles. The Bertz CT molecular complexity index is 527. The molecule has 0 aliphatic heterocycles. The highest BCUT2D eigenvalue weighted by Crippen LogP contribution is 2.16. The molecule has 0 unspecified atom stereocenters. The Morgan fingerprint density at radius 3 is 1.73 bits per heavy atom. The van der Waals surface area contributed by atoms with Crippen LogP contribution in [0.3, 0.4) is 0 Å². The minimum Gasteiger partial charge on any atom is -0.460 e. The molecule has 0 fully saturated rings. The minimum atomic E-state index is -0.221. The van der Waals surface area contributed by atoms with Crippen LogP contribution in [0.25, 0.3) is 0 Å². The van der Waals surface area contributed by atoms with Gasteiger partial charge in [0.2, 0.25) is 0 Å². The van der Waals surface area contributed by atoms with Crippen LogP contribution < -0.4 is 0 Å². The molecule has 0 aliphatic rings. The summed E-state index contributed by atoms with van der Waals surface area (Å²) in [5.74, 6) is -0.221. The summed E-state index contributed by atoms with van der Waals surface area (Å²) in [7, 11) is 0. The van der Waals surface area contributed by atoms with Crippen LogP contribution in [0.1, 0.15) is 119 Å². The maximum Gasteiger partial charge on any atom is 0.338 e. The van der Waals surface area contributed by atoms with Gasteiger partial charge in [-0.15, -0.1) is 0 Å². The van der Waals surface area contributed by atoms with Crippen LogP contribution in [-0.4, -0.2) is 25.8 Å². The first-order chi connectivity index (χ1) is 14.7. The predicted molar refractivity (Wildman–Crippen MR) is 127 cm³/mol. The first-order valence-corrected chi connectivity index (χ1v) is 12.6. The van der Waals surface area contributed by atoms with E-state index in [0.29, 0.717) is 18.8 Å². The lowest BCUT2D eigenvalue weighted by atomic mass is 9.99. The minimum absolute atomic E-state index is 0.221. The second-order valence-corrected chi connectivity index (χ2v) is 8.47. The number of ether oxygens (including phenoxy) is 2. The second-order valence-electron chi connectivity index (χ2n) is 8.47. The summed E-state index contributed by atoms with van der Waals surface area (Å²) >= 11 is 0. The molecule has 3 nitrogen and oxygen atoms in total. The molecule has 0 N–H and O–H groups in total. The number of rotatable bonds is 19. The van der Waals surface area contributed by atoms with Gasteiger partial charge in [0, 0.05) is 6.61 Å². The highest BCUT2D eigenvalue weighted by Gasteiger charge is 2.10. The number of unbranched alkanes of at least 4 members (excludes halogenated alkanes) is 9. The van der Waals surface area contributed by atoms with Crippen molar-refractivity contribution in [1.29, 1.82) is 0 Å². The maximum absolute atomic E-state index is 12.5. The van der Waals surface area contributed by atoms with Crippen LogP contribution in [0.5, 0.6) is 0 Å². The van der Waals surface area contributed by atoms with E-state index in [4.69, 9.17) is 9.47 Å². The highest BCUT2D eigenvalue weighted by atomic mass is 16.6. The van der Waals surface area contributed by atoms with Crippen molar-refractivity contribution in [1.82, 2.24) is 0 Å². The van der Waals surface area contributed by atoms with Crippen molar-refractivity contribution in [3.63, 3.8) is 0 Å². The van der Waals surface area contributed by atoms with Gasteiger partial charge in [0.1, 0.15) is 6.61 Å². The van der Waals surface area contributed by atoms with Crippen molar-refractivity contribution >= 4 is 5.97 Å². The predicted octanol–water partition coefficient (Wildman–Crippen LogP) is 7.69. The first kappa shape index (κ1) is 26.7. The lowest BCUT2D eigenvalue weighted by molar-refractivity contribution is 0.0312. The third-order valence-electron chi connectivity index (χ3n) is 5.53. The fourth-order valence-electron chi connectivity index (χ4n) is 3.65. The van der Waals surface area contributed by atoms with Gasteiger partial charge in [0.05, 0.1) is 12.2 Å². The Hall–Kier alpha value is -1.35. The molecule has 0 radical (unpaired) electrons. The third-order valence-corrected chi connectivity index (χ3v) is 5.53. The van der Waals surface area contributed by atoms with Crippen molar-refractivity contribution in [2.24, 2.45) is 0 Å². The number of aryl methyl sites for hydroxylation is 2. The summed E-state index contributed by atoms with van der Waals surface area (Å²) in [6.07, 6.45) is 17.1. The van der Waals surface area contributed by atoms with E-state index in [-0.39, 0.29) is 5.97 Å². The molecule has 172 valence electrons. The number of hydrogen-bond acceptors (Lipinski definition) is 3. The smallest absolute Gasteiger partial charge is 0.338 e. The molecule has 0 spiro atoms. The molecule has 0 amide bonds. The maximum atomic E-state index is 12.5. The van der Waals surface area contributed by atoms with E-state index in [1.165, 1.54) is 56.1 Å². The van der Waals surface area contributed by atoms with E-state index in [1.54, 1.807) is 0 Å². The topological polar surface area (TPSA) is 35.5 Å². The van der Waals surface area contributed by atoms with E-state index >= 15 is 0 Å². The molecule has 30 heavy (non-hydrogen) atoms. The molecule has 1 aromatic carbocycles. The Balaban J connectivity index is 2.25. The standard InChI is InChI=1S/C27H46O3/c1-4-7-10-11-12-13-14-15-18-29-19-20-30-27(28)26-22-24(16-8-5-2)21-25(23-26)17-9-6-3/h21-23H,4-20H2,1-3H3. The van der Waals surface area contributed by atoms with E-state index in [2.05, 4.69) is 26.8 Å². The molecule has 0 saturated carbocycles. The van der Waals surface area contributed by atoms with Gasteiger partial charge < -0.3 is 9.47 Å².